The average molecular weight is 384 g/mol. The number of fused-ring (bicyclic) bond motifs is 3. The summed E-state index contributed by atoms with van der Waals surface area (Å²) in [6.07, 6.45) is 0.459. The molecule has 0 bridgehead atoms. The highest BCUT2D eigenvalue weighted by atomic mass is 35.5. The molecule has 7 heteroatoms. The lowest BCUT2D eigenvalue weighted by molar-refractivity contribution is -0.133. The highest BCUT2D eigenvalue weighted by Gasteiger charge is 2.59. The fourth-order valence-corrected chi connectivity index (χ4v) is 4.11. The van der Waals surface area contributed by atoms with Gasteiger partial charge in [0.15, 0.2) is 0 Å². The molecule has 0 aliphatic carbocycles. The second-order valence-electron chi connectivity index (χ2n) is 6.74. The first-order valence-corrected chi connectivity index (χ1v) is 9.06. The molecule has 2 aromatic carbocycles. The first-order valence-electron chi connectivity index (χ1n) is 8.68. The number of carbonyl (C=O) groups excluding carboxylic acids is 3. The number of carbonyl (C=O) groups is 3. The third-order valence-electron chi connectivity index (χ3n) is 5.25. The zero-order chi connectivity index (χ0) is 19.2. The SMILES string of the molecule is CN1C(=O)c2ccccc2N2C(=O)CCC12C(=O)NCc1cccc(Cl)c1. The predicted molar refractivity (Wildman–Crippen MR) is 101 cm³/mol. The number of hydrogen-bond acceptors (Lipinski definition) is 3. The van der Waals surface area contributed by atoms with Crippen LogP contribution < -0.4 is 10.2 Å². The number of hydrogen-bond donors (Lipinski definition) is 1. The van der Waals surface area contributed by atoms with E-state index in [0.29, 0.717) is 16.3 Å². The average Bonchev–Trinajstić information content (AvgIpc) is 3.03. The molecule has 6 nitrogen and oxygen atoms in total. The van der Waals surface area contributed by atoms with Gasteiger partial charge in [0.25, 0.3) is 11.8 Å². The molecular weight excluding hydrogens is 366 g/mol. The maximum Gasteiger partial charge on any atom is 0.267 e. The Morgan fingerprint density at radius 3 is 2.74 bits per heavy atom. The Morgan fingerprint density at radius 1 is 1.19 bits per heavy atom. The molecule has 1 saturated heterocycles. The number of amides is 3. The minimum absolute atomic E-state index is 0.167. The van der Waals surface area contributed by atoms with Gasteiger partial charge in [-0.3, -0.25) is 19.3 Å². The van der Waals surface area contributed by atoms with Gasteiger partial charge in [0.2, 0.25) is 11.6 Å². The van der Waals surface area contributed by atoms with E-state index in [2.05, 4.69) is 5.32 Å². The van der Waals surface area contributed by atoms with Crippen LogP contribution in [0.15, 0.2) is 48.5 Å². The van der Waals surface area contributed by atoms with E-state index in [1.54, 1.807) is 49.5 Å². The second-order valence-corrected chi connectivity index (χ2v) is 7.18. The highest BCUT2D eigenvalue weighted by molar-refractivity contribution is 6.30. The minimum atomic E-state index is -1.35. The maximum atomic E-state index is 13.2. The molecule has 2 heterocycles. The van der Waals surface area contributed by atoms with E-state index >= 15 is 0 Å². The van der Waals surface area contributed by atoms with Crippen molar-refractivity contribution in [3.8, 4) is 0 Å². The number of rotatable bonds is 3. The van der Waals surface area contributed by atoms with Gasteiger partial charge in [0, 0.05) is 31.5 Å². The molecule has 1 atom stereocenters. The zero-order valence-electron chi connectivity index (χ0n) is 14.7. The molecule has 27 heavy (non-hydrogen) atoms. The second kappa shape index (κ2) is 6.39. The molecule has 3 amide bonds. The molecule has 2 aliphatic rings. The molecule has 0 saturated carbocycles. The zero-order valence-corrected chi connectivity index (χ0v) is 15.5. The molecule has 138 valence electrons. The van der Waals surface area contributed by atoms with Gasteiger partial charge in [-0.1, -0.05) is 35.9 Å². The van der Waals surface area contributed by atoms with Crippen molar-refractivity contribution >= 4 is 35.0 Å². The van der Waals surface area contributed by atoms with Gasteiger partial charge in [-0.15, -0.1) is 0 Å². The molecule has 1 fully saturated rings. The fourth-order valence-electron chi connectivity index (χ4n) is 3.90. The van der Waals surface area contributed by atoms with Gasteiger partial charge in [0.05, 0.1) is 11.3 Å². The van der Waals surface area contributed by atoms with Gasteiger partial charge >= 0.3 is 0 Å². The van der Waals surface area contributed by atoms with Crippen molar-refractivity contribution in [3.63, 3.8) is 0 Å². The van der Waals surface area contributed by atoms with Crippen LogP contribution in [0.4, 0.5) is 5.69 Å². The van der Waals surface area contributed by atoms with Crippen molar-refractivity contribution in [2.24, 2.45) is 0 Å². The quantitative estimate of drug-likeness (QED) is 0.885. The van der Waals surface area contributed by atoms with Crippen molar-refractivity contribution in [1.29, 1.82) is 0 Å². The summed E-state index contributed by atoms with van der Waals surface area (Å²) in [5.41, 5.74) is 0.406. The lowest BCUT2D eigenvalue weighted by Gasteiger charge is -2.47. The van der Waals surface area contributed by atoms with Gasteiger partial charge in [-0.25, -0.2) is 0 Å². The van der Waals surface area contributed by atoms with Crippen LogP contribution in [0, 0.1) is 0 Å². The third-order valence-corrected chi connectivity index (χ3v) is 5.48. The van der Waals surface area contributed by atoms with Crippen molar-refractivity contribution in [3.05, 3.63) is 64.7 Å². The van der Waals surface area contributed by atoms with Crippen molar-refractivity contribution in [2.45, 2.75) is 25.0 Å². The van der Waals surface area contributed by atoms with Crippen LogP contribution in [0.1, 0.15) is 28.8 Å². The number of benzene rings is 2. The number of nitrogens with one attached hydrogen (secondary N) is 1. The van der Waals surface area contributed by atoms with Crippen LogP contribution in [0.5, 0.6) is 0 Å². The summed E-state index contributed by atoms with van der Waals surface area (Å²) in [6, 6.07) is 14.1. The van der Waals surface area contributed by atoms with E-state index in [4.69, 9.17) is 11.6 Å². The normalized spacial score (nSPS) is 21.1. The Hall–Kier alpha value is -2.86. The molecule has 2 aromatic rings. The first-order chi connectivity index (χ1) is 12.9. The Labute approximate surface area is 161 Å². The van der Waals surface area contributed by atoms with Gasteiger partial charge < -0.3 is 10.2 Å². The topological polar surface area (TPSA) is 69.7 Å². The number of likely N-dealkylation sites (N-methyl/N-ethyl adjacent to an activating group) is 1. The first kappa shape index (κ1) is 17.5. The number of para-hydroxylation sites is 1. The lowest BCUT2D eigenvalue weighted by atomic mass is 9.96. The fraction of sp³-hybridized carbons (Fsp3) is 0.250. The van der Waals surface area contributed by atoms with Crippen LogP contribution in [-0.2, 0) is 16.1 Å². The largest absolute Gasteiger partial charge is 0.348 e. The summed E-state index contributed by atoms with van der Waals surface area (Å²) >= 11 is 6.00. The standard InChI is InChI=1S/C20H18ClN3O3/c1-23-18(26)15-7-2-3-8-16(15)24-17(25)9-10-20(23,24)19(27)22-12-13-5-4-6-14(21)11-13/h2-8,11H,9-10,12H2,1H3,(H,22,27). The van der Waals surface area contributed by atoms with E-state index < -0.39 is 5.66 Å². The number of nitrogens with zero attached hydrogens (tertiary/aromatic N) is 2. The molecule has 4 rings (SSSR count). The summed E-state index contributed by atoms with van der Waals surface area (Å²) in [5.74, 6) is -0.812. The summed E-state index contributed by atoms with van der Waals surface area (Å²) < 4.78 is 0. The van der Waals surface area contributed by atoms with Gasteiger partial charge in [0.1, 0.15) is 0 Å². The van der Waals surface area contributed by atoms with Crippen LogP contribution in [0.25, 0.3) is 0 Å². The summed E-state index contributed by atoms with van der Waals surface area (Å²) in [4.78, 5) is 41.6. The monoisotopic (exact) mass is 383 g/mol. The van der Waals surface area contributed by atoms with Crippen molar-refractivity contribution in [1.82, 2.24) is 10.2 Å². The summed E-state index contributed by atoms with van der Waals surface area (Å²) in [6.45, 7) is 0.257. The predicted octanol–water partition coefficient (Wildman–Crippen LogP) is 2.57. The maximum absolute atomic E-state index is 13.2. The summed E-state index contributed by atoms with van der Waals surface area (Å²) in [7, 11) is 1.57. The van der Waals surface area contributed by atoms with E-state index in [9.17, 15) is 14.4 Å². The Bertz CT molecular complexity index is 961. The highest BCUT2D eigenvalue weighted by Crippen LogP contribution is 2.43. The van der Waals surface area contributed by atoms with Crippen LogP contribution >= 0.6 is 11.6 Å². The van der Waals surface area contributed by atoms with E-state index in [0.717, 1.165) is 5.56 Å². The number of halogens is 1. The Balaban J connectivity index is 1.70. The minimum Gasteiger partial charge on any atom is -0.348 e. The van der Waals surface area contributed by atoms with Gasteiger partial charge in [-0.2, -0.15) is 0 Å². The molecule has 2 aliphatic heterocycles. The van der Waals surface area contributed by atoms with E-state index in [1.165, 1.54) is 9.80 Å². The number of anilines is 1. The van der Waals surface area contributed by atoms with E-state index in [1.807, 2.05) is 6.07 Å². The smallest absolute Gasteiger partial charge is 0.267 e. The Morgan fingerprint density at radius 2 is 1.96 bits per heavy atom. The van der Waals surface area contributed by atoms with Crippen LogP contribution in [0.3, 0.4) is 0 Å². The lowest BCUT2D eigenvalue weighted by Crippen LogP contribution is -2.69. The molecular formula is C20H18ClN3O3. The molecule has 1 unspecified atom stereocenters. The van der Waals surface area contributed by atoms with E-state index in [-0.39, 0.29) is 37.1 Å². The third kappa shape index (κ3) is 2.59. The van der Waals surface area contributed by atoms with Crippen LogP contribution in [-0.4, -0.2) is 35.3 Å². The van der Waals surface area contributed by atoms with Crippen LogP contribution in [0.2, 0.25) is 5.02 Å². The molecule has 0 aromatic heterocycles. The molecule has 0 spiro atoms. The molecule has 1 N–H and O–H groups in total. The Kier molecular flexibility index (Phi) is 4.15. The molecule has 0 radical (unpaired) electrons. The summed E-state index contributed by atoms with van der Waals surface area (Å²) in [5, 5.41) is 3.46. The van der Waals surface area contributed by atoms with Crippen molar-refractivity contribution in [2.75, 3.05) is 11.9 Å². The van der Waals surface area contributed by atoms with Crippen molar-refractivity contribution < 1.29 is 14.4 Å². The van der Waals surface area contributed by atoms with Gasteiger partial charge in [-0.05, 0) is 29.8 Å².